The van der Waals surface area contributed by atoms with Gasteiger partial charge in [-0.2, -0.15) is 0 Å². The molecule has 1 aromatic carbocycles. The largest absolute Gasteiger partial charge is 0.368 e. The van der Waals surface area contributed by atoms with Crippen molar-refractivity contribution in [1.82, 2.24) is 9.88 Å². The topological polar surface area (TPSA) is 36.4 Å². The van der Waals surface area contributed by atoms with E-state index in [9.17, 15) is 4.79 Å². The van der Waals surface area contributed by atoms with Gasteiger partial charge in [-0.15, -0.1) is 0 Å². The third kappa shape index (κ3) is 3.40. The molecule has 0 bridgehead atoms. The van der Waals surface area contributed by atoms with Gasteiger partial charge in [0.1, 0.15) is 0 Å². The second-order valence-corrected chi connectivity index (χ2v) is 5.24. The van der Waals surface area contributed by atoms with Crippen molar-refractivity contribution in [2.24, 2.45) is 0 Å². The van der Waals surface area contributed by atoms with Gasteiger partial charge in [-0.1, -0.05) is 30.3 Å². The molecule has 0 spiro atoms. The number of hydrogen-bond donors (Lipinski definition) is 0. The van der Waals surface area contributed by atoms with Gasteiger partial charge in [0.25, 0.3) is 0 Å². The van der Waals surface area contributed by atoms with Crippen LogP contribution in [0.1, 0.15) is 5.56 Å². The lowest BCUT2D eigenvalue weighted by Gasteiger charge is -2.36. The molecule has 2 heterocycles. The lowest BCUT2D eigenvalue weighted by atomic mass is 10.1. The summed E-state index contributed by atoms with van der Waals surface area (Å²) in [5, 5.41) is 0. The highest BCUT2D eigenvalue weighted by Gasteiger charge is 2.21. The molecule has 0 aliphatic carbocycles. The smallest absolute Gasteiger partial charge is 0.227 e. The number of nitrogens with zero attached hydrogens (tertiary/aromatic N) is 3. The van der Waals surface area contributed by atoms with Crippen LogP contribution in [0.5, 0.6) is 0 Å². The maximum Gasteiger partial charge on any atom is 0.227 e. The Kier molecular flexibility index (Phi) is 4.15. The highest BCUT2D eigenvalue weighted by atomic mass is 16.2. The van der Waals surface area contributed by atoms with Gasteiger partial charge in [0.2, 0.25) is 5.91 Å². The zero-order valence-electron chi connectivity index (χ0n) is 12.0. The number of pyridine rings is 1. The van der Waals surface area contributed by atoms with E-state index in [0.29, 0.717) is 6.42 Å². The summed E-state index contributed by atoms with van der Waals surface area (Å²) in [4.78, 5) is 20.6. The number of benzene rings is 1. The van der Waals surface area contributed by atoms with Crippen molar-refractivity contribution in [2.75, 3.05) is 31.1 Å². The zero-order chi connectivity index (χ0) is 14.5. The van der Waals surface area contributed by atoms with Crippen molar-refractivity contribution in [3.8, 4) is 0 Å². The molecule has 4 heteroatoms. The molecule has 108 valence electrons. The number of carbonyl (C=O) groups excluding carboxylic acids is 1. The number of piperazine rings is 1. The minimum absolute atomic E-state index is 0.218. The second kappa shape index (κ2) is 6.39. The fourth-order valence-corrected chi connectivity index (χ4v) is 2.65. The number of anilines is 1. The van der Waals surface area contributed by atoms with E-state index in [2.05, 4.69) is 9.88 Å². The van der Waals surface area contributed by atoms with E-state index in [0.717, 1.165) is 31.7 Å². The lowest BCUT2D eigenvalue weighted by Crippen LogP contribution is -2.49. The Morgan fingerprint density at radius 3 is 2.29 bits per heavy atom. The Morgan fingerprint density at radius 1 is 0.952 bits per heavy atom. The van der Waals surface area contributed by atoms with Gasteiger partial charge >= 0.3 is 0 Å². The normalized spacial score (nSPS) is 15.0. The molecule has 1 fully saturated rings. The van der Waals surface area contributed by atoms with Gasteiger partial charge in [0.15, 0.2) is 0 Å². The molecule has 1 saturated heterocycles. The monoisotopic (exact) mass is 281 g/mol. The van der Waals surface area contributed by atoms with Crippen LogP contribution in [0, 0.1) is 0 Å². The van der Waals surface area contributed by atoms with Gasteiger partial charge in [-0.05, 0) is 17.7 Å². The third-order valence-electron chi connectivity index (χ3n) is 3.86. The zero-order valence-corrected chi connectivity index (χ0v) is 12.0. The van der Waals surface area contributed by atoms with E-state index in [1.165, 1.54) is 5.69 Å². The summed E-state index contributed by atoms with van der Waals surface area (Å²) in [5.74, 6) is 0.218. The summed E-state index contributed by atoms with van der Waals surface area (Å²) in [6, 6.07) is 14.0. The van der Waals surface area contributed by atoms with E-state index in [1.54, 1.807) is 0 Å². The Bertz CT molecular complexity index is 577. The van der Waals surface area contributed by atoms with Crippen molar-refractivity contribution < 1.29 is 4.79 Å². The van der Waals surface area contributed by atoms with Crippen molar-refractivity contribution in [3.63, 3.8) is 0 Å². The quantitative estimate of drug-likeness (QED) is 0.863. The summed E-state index contributed by atoms with van der Waals surface area (Å²) >= 11 is 0. The first-order valence-electron chi connectivity index (χ1n) is 7.29. The summed E-state index contributed by atoms with van der Waals surface area (Å²) in [7, 11) is 0. The molecule has 1 aliphatic heterocycles. The fraction of sp³-hybridized carbons (Fsp3) is 0.294. The molecule has 2 aromatic rings. The Hall–Kier alpha value is -2.36. The highest BCUT2D eigenvalue weighted by molar-refractivity contribution is 5.79. The first kappa shape index (κ1) is 13.6. The van der Waals surface area contributed by atoms with Gasteiger partial charge in [0, 0.05) is 44.3 Å². The molecular formula is C17H19N3O. The molecule has 1 amide bonds. The van der Waals surface area contributed by atoms with Crippen LogP contribution >= 0.6 is 0 Å². The molecule has 0 unspecified atom stereocenters. The van der Waals surface area contributed by atoms with Gasteiger partial charge in [-0.25, -0.2) is 0 Å². The predicted molar refractivity (Wildman–Crippen MR) is 83.2 cm³/mol. The molecule has 0 atom stereocenters. The van der Waals surface area contributed by atoms with Crippen LogP contribution in [0.15, 0.2) is 54.9 Å². The second-order valence-electron chi connectivity index (χ2n) is 5.24. The number of aromatic nitrogens is 1. The van der Waals surface area contributed by atoms with E-state index in [4.69, 9.17) is 0 Å². The first-order chi connectivity index (χ1) is 10.3. The molecule has 4 nitrogen and oxygen atoms in total. The van der Waals surface area contributed by atoms with Crippen molar-refractivity contribution in [1.29, 1.82) is 0 Å². The van der Waals surface area contributed by atoms with E-state index in [-0.39, 0.29) is 5.91 Å². The number of rotatable bonds is 3. The molecule has 3 rings (SSSR count). The lowest BCUT2D eigenvalue weighted by molar-refractivity contribution is -0.130. The fourth-order valence-electron chi connectivity index (χ4n) is 2.65. The van der Waals surface area contributed by atoms with Crippen molar-refractivity contribution >= 4 is 11.6 Å². The summed E-state index contributed by atoms with van der Waals surface area (Å²) < 4.78 is 0. The van der Waals surface area contributed by atoms with Crippen LogP contribution in [-0.2, 0) is 11.2 Å². The van der Waals surface area contributed by atoms with Crippen molar-refractivity contribution in [2.45, 2.75) is 6.42 Å². The van der Waals surface area contributed by atoms with Gasteiger partial charge < -0.3 is 9.80 Å². The first-order valence-corrected chi connectivity index (χ1v) is 7.29. The number of hydrogen-bond acceptors (Lipinski definition) is 3. The minimum atomic E-state index is 0.218. The molecule has 1 aliphatic rings. The predicted octanol–water partition coefficient (Wildman–Crippen LogP) is 1.97. The maximum absolute atomic E-state index is 12.3. The van der Waals surface area contributed by atoms with E-state index < -0.39 is 0 Å². The average molecular weight is 281 g/mol. The van der Waals surface area contributed by atoms with Crippen LogP contribution in [-0.4, -0.2) is 42.0 Å². The third-order valence-corrected chi connectivity index (χ3v) is 3.86. The Balaban J connectivity index is 1.55. The molecule has 0 N–H and O–H groups in total. The molecule has 0 radical (unpaired) electrons. The molecule has 21 heavy (non-hydrogen) atoms. The van der Waals surface area contributed by atoms with Crippen LogP contribution in [0.2, 0.25) is 0 Å². The molecule has 1 aromatic heterocycles. The van der Waals surface area contributed by atoms with E-state index >= 15 is 0 Å². The minimum Gasteiger partial charge on any atom is -0.368 e. The maximum atomic E-state index is 12.3. The van der Waals surface area contributed by atoms with E-state index in [1.807, 2.05) is 59.8 Å². The number of carbonyl (C=O) groups is 1. The van der Waals surface area contributed by atoms with Crippen LogP contribution in [0.25, 0.3) is 0 Å². The summed E-state index contributed by atoms with van der Waals surface area (Å²) in [6.45, 7) is 3.33. The van der Waals surface area contributed by atoms with Gasteiger partial charge in [-0.3, -0.25) is 9.78 Å². The molecular weight excluding hydrogens is 262 g/mol. The number of amides is 1. The average Bonchev–Trinajstić information content (AvgIpc) is 2.57. The van der Waals surface area contributed by atoms with Crippen molar-refractivity contribution in [3.05, 3.63) is 60.4 Å². The highest BCUT2D eigenvalue weighted by Crippen LogP contribution is 2.15. The van der Waals surface area contributed by atoms with Crippen LogP contribution < -0.4 is 4.90 Å². The standard InChI is InChI=1S/C17H19N3O/c21-17(14-15-4-2-1-3-5-15)20-12-10-19(11-13-20)16-6-8-18-9-7-16/h1-9H,10-14H2. The summed E-state index contributed by atoms with van der Waals surface area (Å²) in [5.41, 5.74) is 2.26. The van der Waals surface area contributed by atoms with Crippen LogP contribution in [0.3, 0.4) is 0 Å². The Labute approximate surface area is 125 Å². The van der Waals surface area contributed by atoms with Crippen LogP contribution in [0.4, 0.5) is 5.69 Å². The molecule has 0 saturated carbocycles. The Morgan fingerprint density at radius 2 is 1.62 bits per heavy atom. The SMILES string of the molecule is O=C(Cc1ccccc1)N1CCN(c2ccncc2)CC1. The summed E-state index contributed by atoms with van der Waals surface area (Å²) in [6.07, 6.45) is 4.11. The van der Waals surface area contributed by atoms with Gasteiger partial charge in [0.05, 0.1) is 6.42 Å².